The highest BCUT2D eigenvalue weighted by Crippen LogP contribution is 2.23. The van der Waals surface area contributed by atoms with Crippen molar-refractivity contribution in [3.8, 4) is 0 Å². The first kappa shape index (κ1) is 19.1. The van der Waals surface area contributed by atoms with Crippen LogP contribution in [0.2, 0.25) is 5.02 Å². The summed E-state index contributed by atoms with van der Waals surface area (Å²) < 4.78 is 13.3. The fourth-order valence-electron chi connectivity index (χ4n) is 2.60. The molecule has 2 rings (SSSR count). The summed E-state index contributed by atoms with van der Waals surface area (Å²) in [5.74, 6) is -2.34. The van der Waals surface area contributed by atoms with Crippen molar-refractivity contribution in [3.63, 3.8) is 0 Å². The summed E-state index contributed by atoms with van der Waals surface area (Å²) in [5, 5.41) is 15.6. The van der Waals surface area contributed by atoms with E-state index in [9.17, 15) is 23.9 Å². The number of carbonyl (C=O) groups excluding carboxylic acids is 3. The lowest BCUT2D eigenvalue weighted by Crippen LogP contribution is -2.52. The highest BCUT2D eigenvalue weighted by molar-refractivity contribution is 6.30. The third-order valence-electron chi connectivity index (χ3n) is 3.89. The van der Waals surface area contributed by atoms with Gasteiger partial charge >= 0.3 is 0 Å². The SMILES string of the molecule is CC(=O)NCCN1CC[C@](O)(C(=O)NCc2cc(F)cc(Cl)c2)C1=O. The van der Waals surface area contributed by atoms with Crippen molar-refractivity contribution in [1.82, 2.24) is 15.5 Å². The van der Waals surface area contributed by atoms with Crippen LogP contribution in [0.4, 0.5) is 4.39 Å². The number of likely N-dealkylation sites (tertiary alicyclic amines) is 1. The lowest BCUT2D eigenvalue weighted by molar-refractivity contribution is -0.154. The van der Waals surface area contributed by atoms with Crippen molar-refractivity contribution in [2.45, 2.75) is 25.5 Å². The van der Waals surface area contributed by atoms with Crippen LogP contribution >= 0.6 is 11.6 Å². The zero-order chi connectivity index (χ0) is 18.6. The van der Waals surface area contributed by atoms with Gasteiger partial charge in [-0.3, -0.25) is 14.4 Å². The first-order valence-electron chi connectivity index (χ1n) is 7.72. The Morgan fingerprint density at radius 2 is 2.08 bits per heavy atom. The first-order valence-corrected chi connectivity index (χ1v) is 8.09. The van der Waals surface area contributed by atoms with Gasteiger partial charge in [-0.2, -0.15) is 0 Å². The van der Waals surface area contributed by atoms with Gasteiger partial charge in [0, 0.05) is 44.5 Å². The smallest absolute Gasteiger partial charge is 0.264 e. The molecule has 0 spiro atoms. The van der Waals surface area contributed by atoms with Gasteiger partial charge in [0.25, 0.3) is 11.8 Å². The average molecular weight is 372 g/mol. The summed E-state index contributed by atoms with van der Waals surface area (Å²) >= 11 is 5.74. The molecule has 0 radical (unpaired) electrons. The fraction of sp³-hybridized carbons (Fsp3) is 0.438. The van der Waals surface area contributed by atoms with Crippen molar-refractivity contribution in [3.05, 3.63) is 34.6 Å². The van der Waals surface area contributed by atoms with Gasteiger partial charge in [-0.1, -0.05) is 11.6 Å². The highest BCUT2D eigenvalue weighted by atomic mass is 35.5. The van der Waals surface area contributed by atoms with Crippen molar-refractivity contribution >= 4 is 29.3 Å². The Hall–Kier alpha value is -2.19. The molecule has 1 aromatic carbocycles. The molecule has 1 aliphatic rings. The molecule has 3 N–H and O–H groups in total. The van der Waals surface area contributed by atoms with Crippen LogP contribution in [0, 0.1) is 5.82 Å². The van der Waals surface area contributed by atoms with Crippen LogP contribution < -0.4 is 10.6 Å². The summed E-state index contributed by atoms with van der Waals surface area (Å²) in [6.45, 7) is 1.92. The van der Waals surface area contributed by atoms with Crippen LogP contribution in [0.5, 0.6) is 0 Å². The molecule has 0 unspecified atom stereocenters. The van der Waals surface area contributed by atoms with Crippen molar-refractivity contribution < 1.29 is 23.9 Å². The number of nitrogens with one attached hydrogen (secondary N) is 2. The number of hydrogen-bond acceptors (Lipinski definition) is 4. The van der Waals surface area contributed by atoms with E-state index in [1.165, 1.54) is 24.0 Å². The summed E-state index contributed by atoms with van der Waals surface area (Å²) in [6.07, 6.45) is -0.0539. The molecule has 25 heavy (non-hydrogen) atoms. The third-order valence-corrected chi connectivity index (χ3v) is 4.11. The molecule has 136 valence electrons. The minimum Gasteiger partial charge on any atom is -0.372 e. The normalized spacial score (nSPS) is 19.8. The second-order valence-electron chi connectivity index (χ2n) is 5.85. The molecule has 9 heteroatoms. The minimum absolute atomic E-state index is 0.0539. The molecule has 1 saturated heterocycles. The van der Waals surface area contributed by atoms with Gasteiger partial charge in [0.2, 0.25) is 11.5 Å². The molecule has 1 fully saturated rings. The van der Waals surface area contributed by atoms with Crippen LogP contribution in [0.25, 0.3) is 0 Å². The maximum absolute atomic E-state index is 13.3. The molecule has 3 amide bonds. The first-order chi connectivity index (χ1) is 11.7. The molecule has 0 aromatic heterocycles. The van der Waals surface area contributed by atoms with E-state index in [0.29, 0.717) is 5.56 Å². The van der Waals surface area contributed by atoms with E-state index in [0.717, 1.165) is 6.07 Å². The van der Waals surface area contributed by atoms with Gasteiger partial charge in [0.1, 0.15) is 5.82 Å². The topological polar surface area (TPSA) is 98.7 Å². The van der Waals surface area contributed by atoms with Crippen LogP contribution in [-0.2, 0) is 20.9 Å². The maximum Gasteiger partial charge on any atom is 0.264 e. The van der Waals surface area contributed by atoms with E-state index in [1.807, 2.05) is 0 Å². The summed E-state index contributed by atoms with van der Waals surface area (Å²) in [6, 6.07) is 3.81. The average Bonchev–Trinajstić information content (AvgIpc) is 2.81. The third kappa shape index (κ3) is 4.67. The quantitative estimate of drug-likeness (QED) is 0.622. The number of hydrogen-bond donors (Lipinski definition) is 3. The van der Waals surface area contributed by atoms with Crippen molar-refractivity contribution in [2.75, 3.05) is 19.6 Å². The van der Waals surface area contributed by atoms with Gasteiger partial charge in [-0.15, -0.1) is 0 Å². The second kappa shape index (κ2) is 7.79. The van der Waals surface area contributed by atoms with Gasteiger partial charge in [0.15, 0.2) is 0 Å². The number of carbonyl (C=O) groups is 3. The molecule has 0 bridgehead atoms. The van der Waals surface area contributed by atoms with Gasteiger partial charge in [-0.05, 0) is 23.8 Å². The summed E-state index contributed by atoms with van der Waals surface area (Å²) in [5.41, 5.74) is -1.75. The predicted molar refractivity (Wildman–Crippen MR) is 88.1 cm³/mol. The summed E-state index contributed by atoms with van der Waals surface area (Å²) in [4.78, 5) is 36.7. The monoisotopic (exact) mass is 371 g/mol. The molecular formula is C16H19ClFN3O4. The van der Waals surface area contributed by atoms with Gasteiger partial charge in [-0.25, -0.2) is 4.39 Å². The Balaban J connectivity index is 1.94. The van der Waals surface area contributed by atoms with Crippen LogP contribution in [0.1, 0.15) is 18.9 Å². The number of aliphatic hydroxyl groups is 1. The molecule has 0 aliphatic carbocycles. The molecule has 1 aromatic rings. The molecule has 1 aliphatic heterocycles. The zero-order valence-corrected chi connectivity index (χ0v) is 14.4. The van der Waals surface area contributed by atoms with E-state index < -0.39 is 23.2 Å². The van der Waals surface area contributed by atoms with E-state index in [1.54, 1.807) is 0 Å². The fourth-order valence-corrected chi connectivity index (χ4v) is 2.84. The van der Waals surface area contributed by atoms with E-state index in [4.69, 9.17) is 11.6 Å². The highest BCUT2D eigenvalue weighted by Gasteiger charge is 2.50. The molecule has 1 atom stereocenters. The molecule has 0 saturated carbocycles. The second-order valence-corrected chi connectivity index (χ2v) is 6.28. The van der Waals surface area contributed by atoms with E-state index in [-0.39, 0.29) is 43.5 Å². The zero-order valence-electron chi connectivity index (χ0n) is 13.6. The predicted octanol–water partition coefficient (Wildman–Crippen LogP) is 0.195. The Morgan fingerprint density at radius 3 is 2.72 bits per heavy atom. The molecule has 7 nitrogen and oxygen atoms in total. The minimum atomic E-state index is -2.16. The lowest BCUT2D eigenvalue weighted by Gasteiger charge is -2.21. The Bertz CT molecular complexity index is 680. The number of rotatable bonds is 6. The number of nitrogens with zero attached hydrogens (tertiary/aromatic N) is 1. The number of benzene rings is 1. The van der Waals surface area contributed by atoms with Gasteiger partial charge in [0.05, 0.1) is 0 Å². The van der Waals surface area contributed by atoms with Gasteiger partial charge < -0.3 is 20.6 Å². The largest absolute Gasteiger partial charge is 0.372 e. The Kier molecular flexibility index (Phi) is 5.97. The lowest BCUT2D eigenvalue weighted by atomic mass is 10.0. The Labute approximate surface area is 149 Å². The summed E-state index contributed by atoms with van der Waals surface area (Å²) in [7, 11) is 0. The van der Waals surface area contributed by atoms with Crippen LogP contribution in [0.15, 0.2) is 18.2 Å². The Morgan fingerprint density at radius 1 is 1.36 bits per heavy atom. The van der Waals surface area contributed by atoms with Crippen molar-refractivity contribution in [1.29, 1.82) is 0 Å². The van der Waals surface area contributed by atoms with Crippen LogP contribution in [-0.4, -0.2) is 53.0 Å². The van der Waals surface area contributed by atoms with E-state index in [2.05, 4.69) is 10.6 Å². The van der Waals surface area contributed by atoms with E-state index >= 15 is 0 Å². The molecule has 1 heterocycles. The van der Waals surface area contributed by atoms with Crippen molar-refractivity contribution in [2.24, 2.45) is 0 Å². The number of halogens is 2. The van der Waals surface area contributed by atoms with Crippen LogP contribution in [0.3, 0.4) is 0 Å². The maximum atomic E-state index is 13.3. The number of amides is 3. The molecular weight excluding hydrogens is 353 g/mol. The standard InChI is InChI=1S/C16H19ClFN3O4/c1-10(22)19-3-5-21-4-2-16(25,15(21)24)14(23)20-9-11-6-12(17)8-13(18)7-11/h6-8,25H,2-5,9H2,1H3,(H,19,22)(H,20,23)/t16-/m0/s1.